The number of pyridine rings is 1. The lowest BCUT2D eigenvalue weighted by atomic mass is 10.1. The Morgan fingerprint density at radius 2 is 2.13 bits per heavy atom. The van der Waals surface area contributed by atoms with Gasteiger partial charge in [-0.3, -0.25) is 0 Å². The van der Waals surface area contributed by atoms with Gasteiger partial charge in [-0.25, -0.2) is 4.98 Å². The van der Waals surface area contributed by atoms with Gasteiger partial charge in [-0.05, 0) is 24.5 Å². The average molecular weight is 208 g/mol. The normalized spacial score (nSPS) is 12.9. The Morgan fingerprint density at radius 3 is 2.60 bits per heavy atom. The topological polar surface area (TPSA) is 34.1 Å². The molecule has 84 valence electrons. The van der Waals surface area contributed by atoms with Crippen LogP contribution in [0.15, 0.2) is 18.3 Å². The zero-order valence-corrected chi connectivity index (χ0v) is 9.95. The van der Waals surface area contributed by atoms with Crippen LogP contribution < -0.4 is 5.32 Å². The van der Waals surface area contributed by atoms with E-state index in [-0.39, 0.29) is 0 Å². The van der Waals surface area contributed by atoms with Crippen LogP contribution in [0.5, 0.6) is 0 Å². The maximum absolute atomic E-state index is 5.17. The Morgan fingerprint density at radius 1 is 1.40 bits per heavy atom. The van der Waals surface area contributed by atoms with Crippen LogP contribution in [0.25, 0.3) is 0 Å². The van der Waals surface area contributed by atoms with Gasteiger partial charge >= 0.3 is 0 Å². The molecule has 0 spiro atoms. The summed E-state index contributed by atoms with van der Waals surface area (Å²) in [6, 6.07) is 4.37. The van der Waals surface area contributed by atoms with Crippen molar-refractivity contribution in [2.75, 3.05) is 19.0 Å². The van der Waals surface area contributed by atoms with Gasteiger partial charge in [0.2, 0.25) is 0 Å². The number of aryl methyl sites for hydroxylation is 1. The summed E-state index contributed by atoms with van der Waals surface area (Å²) in [7, 11) is 1.72. The van der Waals surface area contributed by atoms with Gasteiger partial charge in [-0.15, -0.1) is 0 Å². The van der Waals surface area contributed by atoms with Crippen molar-refractivity contribution in [3.05, 3.63) is 23.9 Å². The van der Waals surface area contributed by atoms with Gasteiger partial charge in [0.1, 0.15) is 5.82 Å². The lowest BCUT2D eigenvalue weighted by molar-refractivity contribution is 0.171. The van der Waals surface area contributed by atoms with Crippen molar-refractivity contribution >= 4 is 5.82 Å². The summed E-state index contributed by atoms with van der Waals surface area (Å²) in [5.74, 6) is 1.43. The van der Waals surface area contributed by atoms with E-state index in [0.29, 0.717) is 18.6 Å². The first kappa shape index (κ1) is 12.0. The second kappa shape index (κ2) is 5.71. The molecule has 1 N–H and O–H groups in total. The van der Waals surface area contributed by atoms with Crippen LogP contribution >= 0.6 is 0 Å². The van der Waals surface area contributed by atoms with E-state index < -0.39 is 0 Å². The van der Waals surface area contributed by atoms with Crippen molar-refractivity contribution in [2.45, 2.75) is 26.8 Å². The van der Waals surface area contributed by atoms with E-state index in [0.717, 1.165) is 5.82 Å². The number of rotatable bonds is 5. The van der Waals surface area contributed by atoms with Gasteiger partial charge in [0.15, 0.2) is 0 Å². The highest BCUT2D eigenvalue weighted by atomic mass is 16.5. The molecule has 0 radical (unpaired) electrons. The van der Waals surface area contributed by atoms with Gasteiger partial charge in [0.25, 0.3) is 0 Å². The van der Waals surface area contributed by atoms with Gasteiger partial charge in [0.05, 0.1) is 12.6 Å². The predicted molar refractivity (Wildman–Crippen MR) is 63.1 cm³/mol. The Kier molecular flexibility index (Phi) is 4.56. The molecule has 1 aromatic heterocycles. The fourth-order valence-corrected chi connectivity index (χ4v) is 1.32. The Balaban J connectivity index is 2.61. The second-order valence-electron chi connectivity index (χ2n) is 4.17. The van der Waals surface area contributed by atoms with E-state index in [9.17, 15) is 0 Å². The third kappa shape index (κ3) is 3.88. The van der Waals surface area contributed by atoms with E-state index in [1.165, 1.54) is 5.56 Å². The summed E-state index contributed by atoms with van der Waals surface area (Å²) in [6.07, 6.45) is 1.87. The summed E-state index contributed by atoms with van der Waals surface area (Å²) >= 11 is 0. The van der Waals surface area contributed by atoms with Crippen LogP contribution in [-0.2, 0) is 4.74 Å². The molecule has 0 fully saturated rings. The first-order valence-electron chi connectivity index (χ1n) is 5.31. The van der Waals surface area contributed by atoms with E-state index in [1.54, 1.807) is 7.11 Å². The number of aromatic nitrogens is 1. The number of anilines is 1. The van der Waals surface area contributed by atoms with E-state index >= 15 is 0 Å². The summed E-state index contributed by atoms with van der Waals surface area (Å²) < 4.78 is 5.17. The molecule has 15 heavy (non-hydrogen) atoms. The maximum Gasteiger partial charge on any atom is 0.126 e. The molecule has 0 aliphatic rings. The van der Waals surface area contributed by atoms with Crippen molar-refractivity contribution in [2.24, 2.45) is 5.92 Å². The average Bonchev–Trinajstić information content (AvgIpc) is 2.20. The molecule has 0 bridgehead atoms. The fraction of sp³-hybridized carbons (Fsp3) is 0.583. The molecular formula is C12H20N2O. The second-order valence-corrected chi connectivity index (χ2v) is 4.17. The number of methoxy groups -OCH3 is 1. The van der Waals surface area contributed by atoms with E-state index in [1.807, 2.05) is 19.2 Å². The summed E-state index contributed by atoms with van der Waals surface area (Å²) in [6.45, 7) is 7.08. The molecule has 0 saturated carbocycles. The highest BCUT2D eigenvalue weighted by Gasteiger charge is 2.12. The number of hydrogen-bond donors (Lipinski definition) is 1. The van der Waals surface area contributed by atoms with Crippen molar-refractivity contribution in [3.63, 3.8) is 0 Å². The van der Waals surface area contributed by atoms with Crippen LogP contribution in [0.2, 0.25) is 0 Å². The molecule has 0 aliphatic carbocycles. The highest BCUT2D eigenvalue weighted by Crippen LogP contribution is 2.11. The molecule has 1 unspecified atom stereocenters. The van der Waals surface area contributed by atoms with Crippen molar-refractivity contribution < 1.29 is 4.74 Å². The lowest BCUT2D eigenvalue weighted by Gasteiger charge is -2.22. The number of nitrogens with zero attached hydrogens (tertiary/aromatic N) is 1. The van der Waals surface area contributed by atoms with Gasteiger partial charge in [-0.2, -0.15) is 0 Å². The van der Waals surface area contributed by atoms with E-state index in [4.69, 9.17) is 4.74 Å². The molecule has 1 heterocycles. The number of ether oxygens (including phenoxy) is 1. The molecule has 0 amide bonds. The van der Waals surface area contributed by atoms with Crippen molar-refractivity contribution in [3.8, 4) is 0 Å². The van der Waals surface area contributed by atoms with Gasteiger partial charge < -0.3 is 10.1 Å². The van der Waals surface area contributed by atoms with Gasteiger partial charge in [-0.1, -0.05) is 19.9 Å². The first-order valence-corrected chi connectivity index (χ1v) is 5.31. The minimum absolute atomic E-state index is 0.310. The third-order valence-corrected chi connectivity index (χ3v) is 2.40. The zero-order chi connectivity index (χ0) is 11.3. The summed E-state index contributed by atoms with van der Waals surface area (Å²) in [5.41, 5.74) is 1.17. The Hall–Kier alpha value is -1.09. The Labute approximate surface area is 91.9 Å². The number of hydrogen-bond acceptors (Lipinski definition) is 3. The molecular weight excluding hydrogens is 188 g/mol. The van der Waals surface area contributed by atoms with Crippen LogP contribution in [0.4, 0.5) is 5.82 Å². The molecule has 3 heteroatoms. The van der Waals surface area contributed by atoms with Crippen molar-refractivity contribution in [1.82, 2.24) is 4.98 Å². The molecule has 1 aromatic rings. The number of nitrogens with one attached hydrogen (secondary N) is 1. The molecule has 0 aliphatic heterocycles. The van der Waals surface area contributed by atoms with Crippen LogP contribution in [0.3, 0.4) is 0 Å². The standard InChI is InChI=1S/C12H20N2O/c1-9(2)11(8-15-4)14-12-6-5-10(3)7-13-12/h5-7,9,11H,8H2,1-4H3,(H,13,14). The van der Waals surface area contributed by atoms with Crippen molar-refractivity contribution in [1.29, 1.82) is 0 Å². The SMILES string of the molecule is COCC(Nc1ccc(C)cn1)C(C)C. The molecule has 1 rings (SSSR count). The predicted octanol–water partition coefficient (Wildman–Crippen LogP) is 2.47. The largest absolute Gasteiger partial charge is 0.383 e. The quantitative estimate of drug-likeness (QED) is 0.807. The van der Waals surface area contributed by atoms with Crippen LogP contribution in [0, 0.1) is 12.8 Å². The third-order valence-electron chi connectivity index (χ3n) is 2.40. The Bertz CT molecular complexity index is 282. The minimum atomic E-state index is 0.310. The minimum Gasteiger partial charge on any atom is -0.383 e. The van der Waals surface area contributed by atoms with Crippen LogP contribution in [-0.4, -0.2) is 24.7 Å². The highest BCUT2D eigenvalue weighted by molar-refractivity contribution is 5.36. The molecule has 0 aromatic carbocycles. The fourth-order valence-electron chi connectivity index (χ4n) is 1.32. The summed E-state index contributed by atoms with van der Waals surface area (Å²) in [4.78, 5) is 4.32. The molecule has 1 atom stereocenters. The monoisotopic (exact) mass is 208 g/mol. The first-order chi connectivity index (χ1) is 7.13. The maximum atomic E-state index is 5.17. The van der Waals surface area contributed by atoms with E-state index in [2.05, 4.69) is 30.2 Å². The summed E-state index contributed by atoms with van der Waals surface area (Å²) in [5, 5.41) is 3.37. The van der Waals surface area contributed by atoms with Gasteiger partial charge in [0, 0.05) is 13.3 Å². The molecule has 3 nitrogen and oxygen atoms in total. The molecule has 0 saturated heterocycles. The zero-order valence-electron chi connectivity index (χ0n) is 9.95. The smallest absolute Gasteiger partial charge is 0.126 e. The lowest BCUT2D eigenvalue weighted by Crippen LogP contribution is -2.30. The van der Waals surface area contributed by atoms with Crippen LogP contribution in [0.1, 0.15) is 19.4 Å².